The first-order chi connectivity index (χ1) is 6.87. The zero-order chi connectivity index (χ0) is 11.5. The zero-order valence-corrected chi connectivity index (χ0v) is 9.68. The minimum atomic E-state index is -0.341. The van der Waals surface area contributed by atoms with Gasteiger partial charge in [-0.25, -0.2) is 0 Å². The number of hydrogen-bond acceptors (Lipinski definition) is 3. The average molecular weight is 214 g/mol. The number of aliphatic hydroxyl groups is 1. The summed E-state index contributed by atoms with van der Waals surface area (Å²) in [5, 5.41) is 11.7. The molecule has 88 valence electrons. The Bertz CT molecular complexity index is 235. The Morgan fingerprint density at radius 3 is 2.53 bits per heavy atom. The maximum atomic E-state index is 11.7. The molecule has 4 heteroatoms. The van der Waals surface area contributed by atoms with Crippen LogP contribution in [-0.4, -0.2) is 28.7 Å². The molecule has 15 heavy (non-hydrogen) atoms. The van der Waals surface area contributed by atoms with Crippen molar-refractivity contribution in [1.82, 2.24) is 5.32 Å². The van der Waals surface area contributed by atoms with Crippen molar-refractivity contribution in [3.05, 3.63) is 0 Å². The molecule has 0 bridgehead atoms. The van der Waals surface area contributed by atoms with Gasteiger partial charge < -0.3 is 16.2 Å². The number of nitrogens with two attached hydrogens (primary N) is 1. The molecule has 4 nitrogen and oxygen atoms in total. The number of rotatable bonds is 5. The predicted molar refractivity (Wildman–Crippen MR) is 59.3 cm³/mol. The van der Waals surface area contributed by atoms with Crippen molar-refractivity contribution in [3.63, 3.8) is 0 Å². The van der Waals surface area contributed by atoms with E-state index < -0.39 is 0 Å². The van der Waals surface area contributed by atoms with E-state index >= 15 is 0 Å². The second-order valence-electron chi connectivity index (χ2n) is 5.30. The lowest BCUT2D eigenvalue weighted by atomic mass is 9.75. The highest BCUT2D eigenvalue weighted by Gasteiger charge is 2.35. The topological polar surface area (TPSA) is 75.3 Å². The summed E-state index contributed by atoms with van der Waals surface area (Å²) in [5.74, 6) is -0.00403. The first-order valence-electron chi connectivity index (χ1n) is 5.58. The van der Waals surface area contributed by atoms with Gasteiger partial charge in [-0.05, 0) is 39.5 Å². The Morgan fingerprint density at radius 2 is 2.13 bits per heavy atom. The molecule has 1 aliphatic rings. The number of aliphatic hydroxyl groups excluding tert-OH is 1. The van der Waals surface area contributed by atoms with Gasteiger partial charge in [0, 0.05) is 24.1 Å². The lowest BCUT2D eigenvalue weighted by Gasteiger charge is -2.38. The maximum absolute atomic E-state index is 11.7. The van der Waals surface area contributed by atoms with Crippen LogP contribution < -0.4 is 11.1 Å². The van der Waals surface area contributed by atoms with E-state index in [0.29, 0.717) is 12.8 Å². The highest BCUT2D eigenvalue weighted by molar-refractivity contribution is 5.78. The van der Waals surface area contributed by atoms with Crippen LogP contribution in [0.15, 0.2) is 0 Å². The van der Waals surface area contributed by atoms with Crippen LogP contribution >= 0.6 is 0 Å². The molecule has 4 N–H and O–H groups in total. The molecule has 1 fully saturated rings. The first-order valence-corrected chi connectivity index (χ1v) is 5.58. The van der Waals surface area contributed by atoms with E-state index in [9.17, 15) is 4.79 Å². The van der Waals surface area contributed by atoms with E-state index in [1.54, 1.807) is 0 Å². The van der Waals surface area contributed by atoms with E-state index in [0.717, 1.165) is 19.3 Å². The molecule has 0 aromatic heterocycles. The third kappa shape index (κ3) is 3.80. The maximum Gasteiger partial charge on any atom is 0.222 e. The fraction of sp³-hybridized carbons (Fsp3) is 0.909. The summed E-state index contributed by atoms with van der Waals surface area (Å²) in [7, 11) is 0. The van der Waals surface area contributed by atoms with Crippen LogP contribution in [0.5, 0.6) is 0 Å². The Morgan fingerprint density at radius 1 is 1.53 bits per heavy atom. The zero-order valence-electron chi connectivity index (χ0n) is 9.68. The van der Waals surface area contributed by atoms with Crippen LogP contribution in [0, 0.1) is 0 Å². The third-order valence-electron chi connectivity index (χ3n) is 3.08. The molecule has 0 saturated heterocycles. The molecule has 1 rings (SSSR count). The SMILES string of the molecule is CC(C)(CCO)NC(=O)CC1(N)CCC1. The monoisotopic (exact) mass is 214 g/mol. The normalized spacial score (nSPS) is 19.5. The first kappa shape index (κ1) is 12.5. The molecule has 0 aliphatic heterocycles. The number of amides is 1. The largest absolute Gasteiger partial charge is 0.396 e. The molecular formula is C11H22N2O2. The van der Waals surface area contributed by atoms with Crippen LogP contribution in [0.4, 0.5) is 0 Å². The average Bonchev–Trinajstić information content (AvgIpc) is 1.99. The second-order valence-corrected chi connectivity index (χ2v) is 5.30. The highest BCUT2D eigenvalue weighted by Crippen LogP contribution is 2.32. The van der Waals surface area contributed by atoms with Crippen molar-refractivity contribution < 1.29 is 9.90 Å². The van der Waals surface area contributed by atoms with Gasteiger partial charge in [0.15, 0.2) is 0 Å². The molecule has 0 radical (unpaired) electrons. The van der Waals surface area contributed by atoms with Gasteiger partial charge in [-0.3, -0.25) is 4.79 Å². The van der Waals surface area contributed by atoms with Crippen LogP contribution in [0.3, 0.4) is 0 Å². The highest BCUT2D eigenvalue weighted by atomic mass is 16.3. The fourth-order valence-corrected chi connectivity index (χ4v) is 1.89. The molecule has 0 unspecified atom stereocenters. The lowest BCUT2D eigenvalue weighted by molar-refractivity contribution is -0.124. The van der Waals surface area contributed by atoms with Gasteiger partial charge >= 0.3 is 0 Å². The number of nitrogens with one attached hydrogen (secondary N) is 1. The molecule has 0 aromatic carbocycles. The van der Waals surface area contributed by atoms with Gasteiger partial charge in [0.05, 0.1) is 0 Å². The molecule has 0 spiro atoms. The van der Waals surface area contributed by atoms with Crippen molar-refractivity contribution in [2.75, 3.05) is 6.61 Å². The van der Waals surface area contributed by atoms with Gasteiger partial charge in [-0.2, -0.15) is 0 Å². The van der Waals surface area contributed by atoms with E-state index in [2.05, 4.69) is 5.32 Å². The Hall–Kier alpha value is -0.610. The van der Waals surface area contributed by atoms with Crippen LogP contribution in [-0.2, 0) is 4.79 Å². The van der Waals surface area contributed by atoms with Gasteiger partial charge in [0.25, 0.3) is 0 Å². The van der Waals surface area contributed by atoms with Gasteiger partial charge in [-0.1, -0.05) is 0 Å². The molecule has 1 aliphatic carbocycles. The fourth-order valence-electron chi connectivity index (χ4n) is 1.89. The summed E-state index contributed by atoms with van der Waals surface area (Å²) < 4.78 is 0. The number of hydrogen-bond donors (Lipinski definition) is 3. The van der Waals surface area contributed by atoms with E-state index in [-0.39, 0.29) is 23.6 Å². The van der Waals surface area contributed by atoms with Gasteiger partial charge in [0.1, 0.15) is 0 Å². The summed E-state index contributed by atoms with van der Waals surface area (Å²) in [5.41, 5.74) is 5.38. The third-order valence-corrected chi connectivity index (χ3v) is 3.08. The summed E-state index contributed by atoms with van der Waals surface area (Å²) in [4.78, 5) is 11.7. The summed E-state index contributed by atoms with van der Waals surface area (Å²) in [6, 6.07) is 0. The minimum Gasteiger partial charge on any atom is -0.396 e. The Labute approximate surface area is 91.2 Å². The van der Waals surface area contributed by atoms with E-state index in [4.69, 9.17) is 10.8 Å². The van der Waals surface area contributed by atoms with Crippen molar-refractivity contribution in [1.29, 1.82) is 0 Å². The molecule has 1 amide bonds. The van der Waals surface area contributed by atoms with Gasteiger partial charge in [-0.15, -0.1) is 0 Å². The Kier molecular flexibility index (Phi) is 3.73. The molecule has 1 saturated carbocycles. The van der Waals surface area contributed by atoms with E-state index in [1.807, 2.05) is 13.8 Å². The van der Waals surface area contributed by atoms with Crippen molar-refractivity contribution in [2.45, 2.75) is 57.0 Å². The number of carbonyl (C=O) groups excluding carboxylic acids is 1. The molecule has 0 aromatic rings. The van der Waals surface area contributed by atoms with E-state index in [1.165, 1.54) is 0 Å². The van der Waals surface area contributed by atoms with Crippen molar-refractivity contribution in [3.8, 4) is 0 Å². The molecule has 0 atom stereocenters. The van der Waals surface area contributed by atoms with Crippen LogP contribution in [0.2, 0.25) is 0 Å². The Balaban J connectivity index is 2.35. The lowest BCUT2D eigenvalue weighted by Crippen LogP contribution is -2.53. The molecule has 0 heterocycles. The second kappa shape index (κ2) is 4.49. The quantitative estimate of drug-likeness (QED) is 0.625. The standard InChI is InChI=1S/C11H22N2O2/c1-10(2,6-7-14)13-9(15)8-11(12)4-3-5-11/h14H,3-8,12H2,1-2H3,(H,13,15). The smallest absolute Gasteiger partial charge is 0.222 e. The summed E-state index contributed by atoms with van der Waals surface area (Å²) in [6.07, 6.45) is 3.99. The van der Waals surface area contributed by atoms with Gasteiger partial charge in [0.2, 0.25) is 5.91 Å². The van der Waals surface area contributed by atoms with Crippen molar-refractivity contribution in [2.24, 2.45) is 5.73 Å². The van der Waals surface area contributed by atoms with Crippen molar-refractivity contribution >= 4 is 5.91 Å². The minimum absolute atomic E-state index is 0.00403. The summed E-state index contributed by atoms with van der Waals surface area (Å²) in [6.45, 7) is 3.90. The van der Waals surface area contributed by atoms with Crippen LogP contribution in [0.1, 0.15) is 46.0 Å². The number of carbonyl (C=O) groups is 1. The predicted octanol–water partition coefficient (Wildman–Crippen LogP) is 0.535. The molecular weight excluding hydrogens is 192 g/mol. The van der Waals surface area contributed by atoms with Crippen LogP contribution in [0.25, 0.3) is 0 Å². The summed E-state index contributed by atoms with van der Waals surface area (Å²) >= 11 is 0.